The van der Waals surface area contributed by atoms with Gasteiger partial charge in [0.05, 0.1) is 22.1 Å². The van der Waals surface area contributed by atoms with E-state index in [1.165, 1.54) is 21.9 Å². The summed E-state index contributed by atoms with van der Waals surface area (Å²) in [7, 11) is 0. The third-order valence-corrected chi connectivity index (χ3v) is 12.3. The van der Waals surface area contributed by atoms with Crippen LogP contribution in [0.15, 0.2) is 215 Å². The summed E-state index contributed by atoms with van der Waals surface area (Å²) in [4.78, 5) is 15.8. The number of fused-ring (bicyclic) bond motifs is 9. The molecule has 0 unspecified atom stereocenters. The third-order valence-electron chi connectivity index (χ3n) is 12.3. The molecule has 0 bridgehead atoms. The molecule has 4 aromatic heterocycles. The van der Waals surface area contributed by atoms with E-state index in [9.17, 15) is 0 Å². The van der Waals surface area contributed by atoms with Gasteiger partial charge in [-0.3, -0.25) is 0 Å². The number of aromatic nitrogens is 4. The molecule has 4 heterocycles. The third kappa shape index (κ3) is 5.62. The maximum atomic E-state index is 6.72. The Morgan fingerprint density at radius 1 is 0.302 bits per heavy atom. The van der Waals surface area contributed by atoms with Gasteiger partial charge in [0, 0.05) is 43.6 Å². The van der Waals surface area contributed by atoms with Gasteiger partial charge in [-0.05, 0) is 76.9 Å². The van der Waals surface area contributed by atoms with E-state index in [4.69, 9.17) is 23.8 Å². The molecule has 0 saturated heterocycles. The van der Waals surface area contributed by atoms with Crippen molar-refractivity contribution in [1.82, 2.24) is 19.5 Å². The Balaban J connectivity index is 1.05. The first-order valence-corrected chi connectivity index (χ1v) is 21.1. The highest BCUT2D eigenvalue weighted by Gasteiger charge is 2.23. The second kappa shape index (κ2) is 14.0. The zero-order valence-corrected chi connectivity index (χ0v) is 33.7. The van der Waals surface area contributed by atoms with Gasteiger partial charge in [0.15, 0.2) is 17.5 Å². The summed E-state index contributed by atoms with van der Waals surface area (Å²) in [6.07, 6.45) is 0. The predicted octanol–water partition coefficient (Wildman–Crippen LogP) is 15.1. The molecule has 0 radical (unpaired) electrons. The summed E-state index contributed by atoms with van der Waals surface area (Å²) in [6, 6.07) is 71.4. The van der Waals surface area contributed by atoms with Crippen LogP contribution < -0.4 is 0 Å². The molecule has 9 aromatic carbocycles. The lowest BCUT2D eigenvalue weighted by atomic mass is 10.0. The van der Waals surface area contributed by atoms with Gasteiger partial charge in [-0.1, -0.05) is 152 Å². The van der Waals surface area contributed by atoms with Crippen molar-refractivity contribution >= 4 is 65.7 Å². The smallest absolute Gasteiger partial charge is 0.164 e. The Morgan fingerprint density at radius 3 is 1.54 bits per heavy atom. The fourth-order valence-corrected chi connectivity index (χ4v) is 9.42. The van der Waals surface area contributed by atoms with E-state index < -0.39 is 0 Å². The van der Waals surface area contributed by atoms with E-state index in [0.717, 1.165) is 88.4 Å². The van der Waals surface area contributed by atoms with Crippen LogP contribution in [0.25, 0.3) is 128 Å². The van der Waals surface area contributed by atoms with Crippen molar-refractivity contribution in [2.75, 3.05) is 0 Å². The number of rotatable bonds is 6. The van der Waals surface area contributed by atoms with Crippen molar-refractivity contribution in [2.24, 2.45) is 0 Å². The van der Waals surface area contributed by atoms with E-state index in [1.54, 1.807) is 0 Å². The molecular formula is C57H34N4O2. The van der Waals surface area contributed by atoms with Crippen LogP contribution >= 0.6 is 0 Å². The van der Waals surface area contributed by atoms with Crippen LogP contribution in [-0.2, 0) is 0 Å². The van der Waals surface area contributed by atoms with Crippen molar-refractivity contribution in [3.8, 4) is 62.1 Å². The highest BCUT2D eigenvalue weighted by molar-refractivity contribution is 6.18. The minimum atomic E-state index is 0.549. The highest BCUT2D eigenvalue weighted by Crippen LogP contribution is 2.44. The van der Waals surface area contributed by atoms with E-state index in [2.05, 4.69) is 144 Å². The summed E-state index contributed by atoms with van der Waals surface area (Å²) in [5.41, 5.74) is 13.5. The molecule has 0 fully saturated rings. The molecule has 0 aliphatic rings. The van der Waals surface area contributed by atoms with Crippen molar-refractivity contribution in [2.45, 2.75) is 0 Å². The SMILES string of the molecule is c1ccc(-c2ccc3c(c2)oc2cccc(-c4nc(-c5ccccc5)nc(-c5cccc6oc7cccc(-n8c9ccccc9c9cc(-c%10ccccc%10)ccc98)c7c56)n4)c23)cc1. The predicted molar refractivity (Wildman–Crippen MR) is 256 cm³/mol. The number of nitrogens with zero attached hydrogens (tertiary/aromatic N) is 4. The van der Waals surface area contributed by atoms with Gasteiger partial charge in [-0.25, -0.2) is 15.0 Å². The summed E-state index contributed by atoms with van der Waals surface area (Å²) in [5.74, 6) is 1.68. The topological polar surface area (TPSA) is 69.9 Å². The lowest BCUT2D eigenvalue weighted by Crippen LogP contribution is -2.01. The molecule has 0 aliphatic carbocycles. The van der Waals surface area contributed by atoms with Crippen LogP contribution in [0.3, 0.4) is 0 Å². The first-order valence-electron chi connectivity index (χ1n) is 21.1. The standard InChI is InChI=1S/C57H34N4O2/c1-4-15-35(16-5-1)38-30-32-46-44(33-38)40-21-10-11-24-45(40)61(46)47-25-14-28-50-54(47)53-43(23-13-27-49(53)62-50)57-59-55(37-19-8-3-9-20-37)58-56(60-57)42-22-12-26-48-52(42)41-31-29-39(34-51(41)63-48)36-17-6-2-7-18-36/h1-34H. The molecule has 6 heteroatoms. The summed E-state index contributed by atoms with van der Waals surface area (Å²) < 4.78 is 15.6. The molecule has 294 valence electrons. The van der Waals surface area contributed by atoms with Crippen molar-refractivity contribution in [3.05, 3.63) is 206 Å². The van der Waals surface area contributed by atoms with Gasteiger partial charge >= 0.3 is 0 Å². The first-order chi connectivity index (χ1) is 31.2. The fourth-order valence-electron chi connectivity index (χ4n) is 9.42. The average Bonchev–Trinajstić information content (AvgIpc) is 4.04. The molecule has 0 aliphatic heterocycles. The number of para-hydroxylation sites is 1. The maximum Gasteiger partial charge on any atom is 0.164 e. The molecule has 0 saturated carbocycles. The Labute approximate surface area is 361 Å². The summed E-state index contributed by atoms with van der Waals surface area (Å²) >= 11 is 0. The summed E-state index contributed by atoms with van der Waals surface area (Å²) in [5, 5.41) is 6.24. The molecule has 0 amide bonds. The summed E-state index contributed by atoms with van der Waals surface area (Å²) in [6.45, 7) is 0. The Morgan fingerprint density at radius 2 is 0.825 bits per heavy atom. The Hall–Kier alpha value is -8.61. The molecule has 0 spiro atoms. The van der Waals surface area contributed by atoms with Crippen LogP contribution in [0.2, 0.25) is 0 Å². The highest BCUT2D eigenvalue weighted by atomic mass is 16.3. The molecule has 13 aromatic rings. The van der Waals surface area contributed by atoms with E-state index in [1.807, 2.05) is 66.7 Å². The fraction of sp³-hybridized carbons (Fsp3) is 0. The van der Waals surface area contributed by atoms with Gasteiger partial charge in [0.1, 0.15) is 22.3 Å². The van der Waals surface area contributed by atoms with Crippen molar-refractivity contribution in [1.29, 1.82) is 0 Å². The molecule has 0 atom stereocenters. The minimum Gasteiger partial charge on any atom is -0.456 e. The van der Waals surface area contributed by atoms with Crippen LogP contribution in [0.4, 0.5) is 0 Å². The quantitative estimate of drug-likeness (QED) is 0.167. The molecular weight excluding hydrogens is 773 g/mol. The van der Waals surface area contributed by atoms with Gasteiger partial charge in [0.25, 0.3) is 0 Å². The van der Waals surface area contributed by atoms with Crippen LogP contribution in [0.5, 0.6) is 0 Å². The van der Waals surface area contributed by atoms with Gasteiger partial charge in [0.2, 0.25) is 0 Å². The van der Waals surface area contributed by atoms with Crippen LogP contribution in [0, 0.1) is 0 Å². The van der Waals surface area contributed by atoms with Gasteiger partial charge in [-0.2, -0.15) is 0 Å². The van der Waals surface area contributed by atoms with Crippen molar-refractivity contribution < 1.29 is 8.83 Å². The normalized spacial score (nSPS) is 11.8. The van der Waals surface area contributed by atoms with E-state index >= 15 is 0 Å². The lowest BCUT2D eigenvalue weighted by molar-refractivity contribution is 0.668. The minimum absolute atomic E-state index is 0.549. The van der Waals surface area contributed by atoms with Crippen LogP contribution in [-0.4, -0.2) is 19.5 Å². The average molecular weight is 807 g/mol. The largest absolute Gasteiger partial charge is 0.456 e. The first kappa shape index (κ1) is 35.2. The molecule has 63 heavy (non-hydrogen) atoms. The van der Waals surface area contributed by atoms with E-state index in [-0.39, 0.29) is 0 Å². The monoisotopic (exact) mass is 806 g/mol. The second-order valence-electron chi connectivity index (χ2n) is 15.9. The maximum absolute atomic E-state index is 6.72. The lowest BCUT2D eigenvalue weighted by Gasteiger charge is -2.12. The molecule has 6 nitrogen and oxygen atoms in total. The zero-order valence-electron chi connectivity index (χ0n) is 33.7. The zero-order chi connectivity index (χ0) is 41.4. The van der Waals surface area contributed by atoms with E-state index in [0.29, 0.717) is 17.5 Å². The van der Waals surface area contributed by atoms with Gasteiger partial charge in [-0.15, -0.1) is 0 Å². The Kier molecular flexibility index (Phi) is 7.80. The number of hydrogen-bond donors (Lipinski definition) is 0. The number of hydrogen-bond acceptors (Lipinski definition) is 5. The molecule has 13 rings (SSSR count). The number of benzene rings is 9. The number of furan rings is 2. The van der Waals surface area contributed by atoms with Crippen LogP contribution in [0.1, 0.15) is 0 Å². The second-order valence-corrected chi connectivity index (χ2v) is 15.9. The molecule has 0 N–H and O–H groups in total. The Bertz CT molecular complexity index is 3900. The van der Waals surface area contributed by atoms with Crippen molar-refractivity contribution in [3.63, 3.8) is 0 Å². The van der Waals surface area contributed by atoms with Gasteiger partial charge < -0.3 is 13.4 Å².